The summed E-state index contributed by atoms with van der Waals surface area (Å²) in [5.41, 5.74) is 2.06. The molecule has 0 aromatic heterocycles. The highest BCUT2D eigenvalue weighted by Crippen LogP contribution is 2.24. The second kappa shape index (κ2) is 4.96. The van der Waals surface area contributed by atoms with Crippen molar-refractivity contribution in [2.75, 3.05) is 0 Å². The van der Waals surface area contributed by atoms with Crippen molar-refractivity contribution in [3.8, 4) is 6.07 Å². The topological polar surface area (TPSA) is 23.8 Å². The van der Waals surface area contributed by atoms with E-state index in [9.17, 15) is 5.26 Å². The molecule has 1 atom stereocenters. The molecule has 0 N–H and O–H groups in total. The summed E-state index contributed by atoms with van der Waals surface area (Å²) < 4.78 is 1.03. The van der Waals surface area contributed by atoms with E-state index in [1.807, 2.05) is 54.6 Å². The Balaban J connectivity index is 2.38. The molecular weight excluding hydrogens is 262 g/mol. The first-order valence-corrected chi connectivity index (χ1v) is 5.80. The Labute approximate surface area is 103 Å². The predicted molar refractivity (Wildman–Crippen MR) is 68.0 cm³/mol. The van der Waals surface area contributed by atoms with Crippen LogP contribution in [0.1, 0.15) is 17.0 Å². The number of rotatable bonds is 2. The van der Waals surface area contributed by atoms with E-state index >= 15 is 0 Å². The van der Waals surface area contributed by atoms with Gasteiger partial charge in [0.15, 0.2) is 0 Å². The van der Waals surface area contributed by atoms with Crippen LogP contribution in [0.25, 0.3) is 0 Å². The fraction of sp³-hybridized carbons (Fsp3) is 0.0714. The predicted octanol–water partition coefficient (Wildman–Crippen LogP) is 4.10. The minimum absolute atomic E-state index is 0.186. The quantitative estimate of drug-likeness (QED) is 0.807. The van der Waals surface area contributed by atoms with E-state index in [4.69, 9.17) is 0 Å². The first kappa shape index (κ1) is 10.9. The molecule has 0 radical (unpaired) electrons. The summed E-state index contributed by atoms with van der Waals surface area (Å²) in [4.78, 5) is 0. The van der Waals surface area contributed by atoms with E-state index in [1.165, 1.54) is 0 Å². The third-order valence-corrected chi connectivity index (χ3v) is 2.99. The lowest BCUT2D eigenvalue weighted by molar-refractivity contribution is 1.04. The van der Waals surface area contributed by atoms with Gasteiger partial charge in [-0.05, 0) is 23.3 Å². The molecule has 0 amide bonds. The van der Waals surface area contributed by atoms with Crippen LogP contribution in [-0.4, -0.2) is 0 Å². The van der Waals surface area contributed by atoms with Gasteiger partial charge in [-0.3, -0.25) is 0 Å². The van der Waals surface area contributed by atoms with E-state index in [2.05, 4.69) is 22.0 Å². The van der Waals surface area contributed by atoms with Crippen LogP contribution in [-0.2, 0) is 0 Å². The van der Waals surface area contributed by atoms with Gasteiger partial charge in [0, 0.05) is 4.47 Å². The van der Waals surface area contributed by atoms with Crippen LogP contribution >= 0.6 is 15.9 Å². The largest absolute Gasteiger partial charge is 0.197 e. The van der Waals surface area contributed by atoms with Gasteiger partial charge in [0.1, 0.15) is 0 Å². The van der Waals surface area contributed by atoms with Crippen LogP contribution in [0.4, 0.5) is 0 Å². The van der Waals surface area contributed by atoms with E-state index < -0.39 is 0 Å². The van der Waals surface area contributed by atoms with Crippen molar-refractivity contribution in [2.24, 2.45) is 0 Å². The lowest BCUT2D eigenvalue weighted by Crippen LogP contribution is -1.97. The van der Waals surface area contributed by atoms with E-state index in [1.54, 1.807) is 0 Å². The van der Waals surface area contributed by atoms with E-state index in [-0.39, 0.29) is 5.92 Å². The summed E-state index contributed by atoms with van der Waals surface area (Å²) in [6, 6.07) is 20.1. The lowest BCUT2D eigenvalue weighted by Gasteiger charge is -2.09. The second-order valence-corrected chi connectivity index (χ2v) is 4.44. The van der Waals surface area contributed by atoms with Crippen molar-refractivity contribution >= 4 is 15.9 Å². The van der Waals surface area contributed by atoms with Gasteiger partial charge in [-0.1, -0.05) is 58.4 Å². The van der Waals surface area contributed by atoms with Gasteiger partial charge in [-0.15, -0.1) is 0 Å². The zero-order valence-corrected chi connectivity index (χ0v) is 10.2. The molecule has 0 saturated carbocycles. The maximum atomic E-state index is 9.24. The smallest absolute Gasteiger partial charge is 0.0962 e. The molecule has 0 bridgehead atoms. The summed E-state index contributed by atoms with van der Waals surface area (Å²) in [6.07, 6.45) is 0. The molecule has 0 aliphatic heterocycles. The number of nitriles is 1. The van der Waals surface area contributed by atoms with Crippen molar-refractivity contribution in [3.05, 3.63) is 70.2 Å². The van der Waals surface area contributed by atoms with Crippen LogP contribution in [0, 0.1) is 11.3 Å². The Morgan fingerprint density at radius 1 is 0.875 bits per heavy atom. The van der Waals surface area contributed by atoms with Gasteiger partial charge in [0.2, 0.25) is 0 Å². The van der Waals surface area contributed by atoms with Gasteiger partial charge in [-0.25, -0.2) is 0 Å². The number of halogens is 1. The first-order chi connectivity index (χ1) is 7.81. The van der Waals surface area contributed by atoms with Crippen LogP contribution in [0.15, 0.2) is 59.1 Å². The minimum atomic E-state index is -0.186. The molecule has 0 spiro atoms. The SMILES string of the molecule is N#CC(c1ccccc1)c1ccc(Br)cc1. The number of benzene rings is 2. The number of hydrogen-bond donors (Lipinski definition) is 0. The van der Waals surface area contributed by atoms with Crippen molar-refractivity contribution < 1.29 is 0 Å². The molecule has 0 heterocycles. The summed E-state index contributed by atoms with van der Waals surface area (Å²) >= 11 is 3.39. The van der Waals surface area contributed by atoms with Gasteiger partial charge >= 0.3 is 0 Å². The average Bonchev–Trinajstić information content (AvgIpc) is 2.34. The van der Waals surface area contributed by atoms with Gasteiger partial charge in [0.05, 0.1) is 12.0 Å². The monoisotopic (exact) mass is 271 g/mol. The van der Waals surface area contributed by atoms with Crippen molar-refractivity contribution in [1.82, 2.24) is 0 Å². The Morgan fingerprint density at radius 3 is 2.00 bits per heavy atom. The fourth-order valence-electron chi connectivity index (χ4n) is 1.64. The number of hydrogen-bond acceptors (Lipinski definition) is 1. The number of nitrogens with zero attached hydrogens (tertiary/aromatic N) is 1. The fourth-order valence-corrected chi connectivity index (χ4v) is 1.91. The summed E-state index contributed by atoms with van der Waals surface area (Å²) in [7, 11) is 0. The standard InChI is InChI=1S/C14H10BrN/c15-13-8-6-12(7-9-13)14(10-16)11-4-2-1-3-5-11/h1-9,14H. The Kier molecular flexibility index (Phi) is 3.38. The van der Waals surface area contributed by atoms with E-state index in [0.29, 0.717) is 0 Å². The van der Waals surface area contributed by atoms with Crippen molar-refractivity contribution in [2.45, 2.75) is 5.92 Å². The molecule has 1 nitrogen and oxygen atoms in total. The highest BCUT2D eigenvalue weighted by Gasteiger charge is 2.12. The van der Waals surface area contributed by atoms with Crippen LogP contribution in [0.5, 0.6) is 0 Å². The summed E-state index contributed by atoms with van der Waals surface area (Å²) in [6.45, 7) is 0. The van der Waals surface area contributed by atoms with Gasteiger partial charge in [0.25, 0.3) is 0 Å². The molecule has 2 rings (SSSR count). The molecule has 16 heavy (non-hydrogen) atoms. The lowest BCUT2D eigenvalue weighted by atomic mass is 9.93. The minimum Gasteiger partial charge on any atom is -0.197 e. The third kappa shape index (κ3) is 2.32. The average molecular weight is 272 g/mol. The molecule has 2 aromatic carbocycles. The van der Waals surface area contributed by atoms with Crippen LogP contribution in [0.2, 0.25) is 0 Å². The van der Waals surface area contributed by atoms with Gasteiger partial charge in [-0.2, -0.15) is 5.26 Å². The Morgan fingerprint density at radius 2 is 1.44 bits per heavy atom. The maximum absolute atomic E-state index is 9.24. The molecule has 2 heteroatoms. The van der Waals surface area contributed by atoms with Crippen molar-refractivity contribution in [3.63, 3.8) is 0 Å². The summed E-state index contributed by atoms with van der Waals surface area (Å²) in [5.74, 6) is -0.186. The normalized spacial score (nSPS) is 11.8. The van der Waals surface area contributed by atoms with Crippen LogP contribution in [0.3, 0.4) is 0 Å². The Bertz CT molecular complexity index is 497. The molecule has 78 valence electrons. The zero-order chi connectivity index (χ0) is 11.4. The third-order valence-electron chi connectivity index (χ3n) is 2.47. The maximum Gasteiger partial charge on any atom is 0.0962 e. The van der Waals surface area contributed by atoms with E-state index in [0.717, 1.165) is 15.6 Å². The zero-order valence-electron chi connectivity index (χ0n) is 8.60. The molecule has 0 aliphatic rings. The molecule has 1 unspecified atom stereocenters. The molecule has 0 fully saturated rings. The second-order valence-electron chi connectivity index (χ2n) is 3.52. The molecule has 0 aliphatic carbocycles. The Hall–Kier alpha value is -1.59. The highest BCUT2D eigenvalue weighted by atomic mass is 79.9. The summed E-state index contributed by atoms with van der Waals surface area (Å²) in [5, 5.41) is 9.24. The van der Waals surface area contributed by atoms with Crippen molar-refractivity contribution in [1.29, 1.82) is 5.26 Å². The van der Waals surface area contributed by atoms with Crippen LogP contribution < -0.4 is 0 Å². The molecule has 0 saturated heterocycles. The first-order valence-electron chi connectivity index (χ1n) is 5.01. The molecular formula is C14H10BrN. The van der Waals surface area contributed by atoms with Gasteiger partial charge < -0.3 is 0 Å². The molecule has 2 aromatic rings. The highest BCUT2D eigenvalue weighted by molar-refractivity contribution is 9.10.